The minimum atomic E-state index is -1.20. The molecule has 1 saturated carbocycles. The summed E-state index contributed by atoms with van der Waals surface area (Å²) >= 11 is 0. The van der Waals surface area contributed by atoms with E-state index >= 15 is 0 Å². The van der Waals surface area contributed by atoms with E-state index < -0.39 is 5.97 Å². The van der Waals surface area contributed by atoms with Crippen LogP contribution in [0.2, 0.25) is 0 Å². The number of hydrogen-bond acceptors (Lipinski definition) is 6. The van der Waals surface area contributed by atoms with Crippen molar-refractivity contribution < 1.29 is 28.9 Å². The van der Waals surface area contributed by atoms with E-state index in [2.05, 4.69) is 10.4 Å². The van der Waals surface area contributed by atoms with Gasteiger partial charge in [0.2, 0.25) is 11.8 Å². The van der Waals surface area contributed by atoms with Gasteiger partial charge in [0.05, 0.1) is 25.9 Å². The molecule has 0 saturated heterocycles. The molecule has 1 aliphatic carbocycles. The van der Waals surface area contributed by atoms with Crippen LogP contribution in [0.4, 0.5) is 0 Å². The number of carboxylic acid groups (broad SMARTS) is 1. The van der Waals surface area contributed by atoms with Crippen LogP contribution in [0, 0.1) is 0 Å². The number of nitrogens with one attached hydrogen (secondary N) is 1. The molecule has 0 radical (unpaired) electrons. The molecule has 9 nitrogen and oxygen atoms in total. The number of methoxy groups -OCH3 is 1. The fourth-order valence-corrected chi connectivity index (χ4v) is 5.21. The van der Waals surface area contributed by atoms with E-state index in [1.165, 1.54) is 10.7 Å². The van der Waals surface area contributed by atoms with E-state index in [4.69, 9.17) is 14.2 Å². The Morgan fingerprint density at radius 2 is 1.69 bits per heavy atom. The van der Waals surface area contributed by atoms with Gasteiger partial charge in [0, 0.05) is 6.07 Å². The average molecular weight is 570 g/mol. The predicted octanol–water partition coefficient (Wildman–Crippen LogP) is 5.48. The van der Waals surface area contributed by atoms with Gasteiger partial charge in [-0.1, -0.05) is 79.6 Å². The standard InChI is InChI=1S/C33H35N3O6/c1-40-26-17-15-24(16-18-26)27-12-6-5-11-25(27)22-42-32-19-29(33(38)39)35-36(32)20-31(37)34-28-13-7-8-14-30(28)41-21-23-9-3-2-4-10-23/h2-6,9-12,15-19,28,30H,7-8,13-14,20-22H2,1H3,(H,34,37)(H,38,39). The molecule has 2 atom stereocenters. The maximum absolute atomic E-state index is 13.2. The maximum Gasteiger partial charge on any atom is 0.356 e. The molecule has 1 aliphatic rings. The zero-order chi connectivity index (χ0) is 29.3. The van der Waals surface area contributed by atoms with Crippen LogP contribution < -0.4 is 14.8 Å². The molecule has 42 heavy (non-hydrogen) atoms. The van der Waals surface area contributed by atoms with Crippen molar-refractivity contribution >= 4 is 11.9 Å². The van der Waals surface area contributed by atoms with Crippen molar-refractivity contribution in [3.8, 4) is 22.8 Å². The minimum absolute atomic E-state index is 0.0970. The summed E-state index contributed by atoms with van der Waals surface area (Å²) in [4.78, 5) is 24.9. The van der Waals surface area contributed by atoms with Gasteiger partial charge in [-0.3, -0.25) is 4.79 Å². The van der Waals surface area contributed by atoms with Crippen molar-refractivity contribution in [1.82, 2.24) is 15.1 Å². The number of aromatic carboxylic acids is 1. The van der Waals surface area contributed by atoms with E-state index in [1.807, 2.05) is 78.9 Å². The number of carbonyl (C=O) groups excluding carboxylic acids is 1. The third-order valence-corrected chi connectivity index (χ3v) is 7.41. The number of nitrogens with zero attached hydrogens (tertiary/aromatic N) is 2. The smallest absolute Gasteiger partial charge is 0.356 e. The monoisotopic (exact) mass is 569 g/mol. The van der Waals surface area contributed by atoms with Gasteiger partial charge in [-0.05, 0) is 47.2 Å². The molecule has 1 amide bonds. The van der Waals surface area contributed by atoms with Crippen LogP contribution in [0.25, 0.3) is 11.1 Å². The Hall–Kier alpha value is -4.63. The second-order valence-electron chi connectivity index (χ2n) is 10.3. The zero-order valence-electron chi connectivity index (χ0n) is 23.6. The Bertz CT molecular complexity index is 1490. The molecular weight excluding hydrogens is 534 g/mol. The van der Waals surface area contributed by atoms with Crippen LogP contribution in [0.3, 0.4) is 0 Å². The molecule has 4 aromatic rings. The molecule has 1 fully saturated rings. The van der Waals surface area contributed by atoms with Crippen LogP contribution in [0.15, 0.2) is 84.9 Å². The highest BCUT2D eigenvalue weighted by Crippen LogP contribution is 2.27. The molecule has 1 aromatic heterocycles. The van der Waals surface area contributed by atoms with Crippen molar-refractivity contribution in [2.45, 2.75) is 57.6 Å². The SMILES string of the molecule is COc1ccc(-c2ccccc2COc2cc(C(=O)O)nn2CC(=O)NC2CCCCC2OCc2ccccc2)cc1. The lowest BCUT2D eigenvalue weighted by Gasteiger charge is -2.32. The van der Waals surface area contributed by atoms with Crippen LogP contribution in [-0.4, -0.2) is 46.0 Å². The largest absolute Gasteiger partial charge is 0.497 e. The van der Waals surface area contributed by atoms with Crippen LogP contribution in [0.1, 0.15) is 47.3 Å². The topological polar surface area (TPSA) is 112 Å². The highest BCUT2D eigenvalue weighted by atomic mass is 16.5. The molecule has 2 unspecified atom stereocenters. The quantitative estimate of drug-likeness (QED) is 0.232. The summed E-state index contributed by atoms with van der Waals surface area (Å²) in [5.74, 6) is -0.510. The van der Waals surface area contributed by atoms with Gasteiger partial charge in [0.25, 0.3) is 0 Å². The van der Waals surface area contributed by atoms with Gasteiger partial charge in [0.15, 0.2) is 5.69 Å². The zero-order valence-corrected chi connectivity index (χ0v) is 23.6. The van der Waals surface area contributed by atoms with Crippen molar-refractivity contribution in [3.05, 3.63) is 102 Å². The number of carboxylic acids is 1. The van der Waals surface area contributed by atoms with Crippen molar-refractivity contribution in [2.75, 3.05) is 7.11 Å². The molecule has 3 aromatic carbocycles. The summed E-state index contributed by atoms with van der Waals surface area (Å²) < 4.78 is 18.8. The summed E-state index contributed by atoms with van der Waals surface area (Å²) in [5.41, 5.74) is 3.76. The summed E-state index contributed by atoms with van der Waals surface area (Å²) in [6.45, 7) is 0.465. The summed E-state index contributed by atoms with van der Waals surface area (Å²) in [7, 11) is 1.62. The number of ether oxygens (including phenoxy) is 3. The number of amides is 1. The van der Waals surface area contributed by atoms with Crippen molar-refractivity contribution in [2.24, 2.45) is 0 Å². The Kier molecular flexibility index (Phi) is 9.51. The number of benzene rings is 3. The van der Waals surface area contributed by atoms with Gasteiger partial charge in [-0.25, -0.2) is 9.48 Å². The molecule has 1 heterocycles. The van der Waals surface area contributed by atoms with E-state index in [-0.39, 0.29) is 42.8 Å². The first-order valence-corrected chi connectivity index (χ1v) is 14.1. The van der Waals surface area contributed by atoms with Crippen LogP contribution in [0.5, 0.6) is 11.6 Å². The predicted molar refractivity (Wildman–Crippen MR) is 157 cm³/mol. The maximum atomic E-state index is 13.2. The first kappa shape index (κ1) is 28.9. The van der Waals surface area contributed by atoms with Gasteiger partial charge >= 0.3 is 5.97 Å². The highest BCUT2D eigenvalue weighted by Gasteiger charge is 2.28. The van der Waals surface area contributed by atoms with Gasteiger partial charge in [0.1, 0.15) is 18.9 Å². The van der Waals surface area contributed by atoms with Crippen molar-refractivity contribution in [3.63, 3.8) is 0 Å². The van der Waals surface area contributed by atoms with E-state index in [9.17, 15) is 14.7 Å². The van der Waals surface area contributed by atoms with Gasteiger partial charge in [-0.15, -0.1) is 0 Å². The summed E-state index contributed by atoms with van der Waals surface area (Å²) in [6.07, 6.45) is 3.63. The number of hydrogen-bond donors (Lipinski definition) is 2. The van der Waals surface area contributed by atoms with Gasteiger partial charge < -0.3 is 24.6 Å². The van der Waals surface area contributed by atoms with E-state index in [0.717, 1.165) is 53.7 Å². The molecule has 218 valence electrons. The van der Waals surface area contributed by atoms with Crippen molar-refractivity contribution in [1.29, 1.82) is 0 Å². The Balaban J connectivity index is 1.26. The summed E-state index contributed by atoms with van der Waals surface area (Å²) in [6, 6.07) is 26.7. The van der Waals surface area contributed by atoms with Crippen LogP contribution in [-0.2, 0) is 29.3 Å². The molecular formula is C33H35N3O6. The lowest BCUT2D eigenvalue weighted by atomic mass is 9.92. The Labute approximate surface area is 245 Å². The molecule has 9 heteroatoms. The Morgan fingerprint density at radius 3 is 2.45 bits per heavy atom. The first-order chi connectivity index (χ1) is 20.5. The second-order valence-corrected chi connectivity index (χ2v) is 10.3. The molecule has 0 aliphatic heterocycles. The van der Waals surface area contributed by atoms with Crippen LogP contribution >= 0.6 is 0 Å². The first-order valence-electron chi connectivity index (χ1n) is 14.1. The normalized spacial score (nSPS) is 16.5. The highest BCUT2D eigenvalue weighted by molar-refractivity contribution is 5.86. The third-order valence-electron chi connectivity index (χ3n) is 7.41. The minimum Gasteiger partial charge on any atom is -0.497 e. The second kappa shape index (κ2) is 13.8. The van der Waals surface area contributed by atoms with E-state index in [0.29, 0.717) is 6.61 Å². The van der Waals surface area contributed by atoms with Gasteiger partial charge in [-0.2, -0.15) is 5.10 Å². The molecule has 0 bridgehead atoms. The molecule has 5 rings (SSSR count). The number of carbonyl (C=O) groups is 2. The van der Waals surface area contributed by atoms with E-state index in [1.54, 1.807) is 7.11 Å². The molecule has 2 N–H and O–H groups in total. The number of aromatic nitrogens is 2. The summed E-state index contributed by atoms with van der Waals surface area (Å²) in [5, 5.41) is 16.8. The number of rotatable bonds is 12. The fourth-order valence-electron chi connectivity index (χ4n) is 5.21. The fraction of sp³-hybridized carbons (Fsp3) is 0.303. The lowest BCUT2D eigenvalue weighted by Crippen LogP contribution is -2.47. The molecule has 0 spiro atoms. The lowest BCUT2D eigenvalue weighted by molar-refractivity contribution is -0.124. The third kappa shape index (κ3) is 7.36. The average Bonchev–Trinajstić information content (AvgIpc) is 3.43. The Morgan fingerprint density at radius 1 is 0.952 bits per heavy atom.